The molecule has 2 aromatic carbocycles. The smallest absolute Gasteiger partial charge is 0.0594 e. The molecule has 0 radical (unpaired) electrons. The Kier molecular flexibility index (Phi) is 4.81. The van der Waals surface area contributed by atoms with Gasteiger partial charge in [0.2, 0.25) is 0 Å². The molecule has 2 aromatic rings. The van der Waals surface area contributed by atoms with Crippen LogP contribution in [0.15, 0.2) is 60.7 Å². The average Bonchev–Trinajstić information content (AvgIpc) is 2.55. The van der Waals surface area contributed by atoms with Crippen LogP contribution in [0.3, 0.4) is 0 Å². The van der Waals surface area contributed by atoms with E-state index in [2.05, 4.69) is 65.6 Å². The van der Waals surface area contributed by atoms with Gasteiger partial charge in [-0.25, -0.2) is 0 Å². The number of hydrogen-bond donors (Lipinski definition) is 0. The summed E-state index contributed by atoms with van der Waals surface area (Å²) >= 11 is 0. The molecule has 1 aliphatic heterocycles. The summed E-state index contributed by atoms with van der Waals surface area (Å²) in [6.07, 6.45) is 1.13. The fourth-order valence-corrected chi connectivity index (χ4v) is 4.84. The molecule has 0 amide bonds. The Bertz CT molecular complexity index is 472. The van der Waals surface area contributed by atoms with Crippen LogP contribution in [0.2, 0.25) is 0 Å². The van der Waals surface area contributed by atoms with Crippen molar-refractivity contribution in [1.29, 1.82) is 0 Å². The molecule has 1 fully saturated rings. The molecule has 3 heteroatoms. The standard InChI is InChI=1S/C17H20NOP/c1-3-7-16(8-4-1)20(17-9-5-2-6-10-17)15-18-11-13-19-14-12-18/h1-10H,11-15H2. The SMILES string of the molecule is c1ccc(P(CN2CCOCC2)c2ccccc2)cc1. The maximum atomic E-state index is 5.46. The van der Waals surface area contributed by atoms with E-state index in [1.807, 2.05) is 0 Å². The van der Waals surface area contributed by atoms with Gasteiger partial charge in [-0.3, -0.25) is 4.90 Å². The van der Waals surface area contributed by atoms with Crippen LogP contribution in [0.25, 0.3) is 0 Å². The third-order valence-electron chi connectivity index (χ3n) is 3.58. The third-order valence-corrected chi connectivity index (χ3v) is 6.11. The van der Waals surface area contributed by atoms with Crippen molar-refractivity contribution in [2.45, 2.75) is 0 Å². The van der Waals surface area contributed by atoms with Gasteiger partial charge < -0.3 is 4.74 Å². The van der Waals surface area contributed by atoms with Crippen molar-refractivity contribution in [3.63, 3.8) is 0 Å². The van der Waals surface area contributed by atoms with E-state index in [1.165, 1.54) is 10.6 Å². The lowest BCUT2D eigenvalue weighted by molar-refractivity contribution is 0.0470. The number of hydrogen-bond acceptors (Lipinski definition) is 2. The second-order valence-corrected chi connectivity index (χ2v) is 7.14. The van der Waals surface area contributed by atoms with Crippen molar-refractivity contribution < 1.29 is 4.74 Å². The molecule has 1 heterocycles. The van der Waals surface area contributed by atoms with Gasteiger partial charge in [-0.15, -0.1) is 0 Å². The molecule has 0 N–H and O–H groups in total. The monoisotopic (exact) mass is 285 g/mol. The van der Waals surface area contributed by atoms with Crippen LogP contribution in [-0.4, -0.2) is 37.5 Å². The van der Waals surface area contributed by atoms with E-state index in [0.29, 0.717) is 0 Å². The van der Waals surface area contributed by atoms with E-state index < -0.39 is 0 Å². The first-order valence-corrected chi connectivity index (χ1v) is 8.64. The normalized spacial score (nSPS) is 16.4. The predicted molar refractivity (Wildman–Crippen MR) is 86.3 cm³/mol. The summed E-state index contributed by atoms with van der Waals surface area (Å²) < 4.78 is 5.46. The molecule has 0 spiro atoms. The van der Waals surface area contributed by atoms with Crippen molar-refractivity contribution in [2.24, 2.45) is 0 Å². The Morgan fingerprint density at radius 3 is 1.80 bits per heavy atom. The lowest BCUT2D eigenvalue weighted by Crippen LogP contribution is -2.38. The van der Waals surface area contributed by atoms with Gasteiger partial charge in [-0.2, -0.15) is 0 Å². The summed E-state index contributed by atoms with van der Waals surface area (Å²) in [6.45, 7) is 3.84. The zero-order valence-corrected chi connectivity index (χ0v) is 12.5. The van der Waals surface area contributed by atoms with Crippen molar-refractivity contribution >= 4 is 18.5 Å². The maximum Gasteiger partial charge on any atom is 0.0594 e. The van der Waals surface area contributed by atoms with Gasteiger partial charge in [0.1, 0.15) is 0 Å². The van der Waals surface area contributed by atoms with Crippen LogP contribution < -0.4 is 10.6 Å². The first kappa shape index (κ1) is 13.8. The lowest BCUT2D eigenvalue weighted by atomic mass is 10.4. The Balaban J connectivity index is 1.83. The van der Waals surface area contributed by atoms with Crippen LogP contribution >= 0.6 is 7.92 Å². The summed E-state index contributed by atoms with van der Waals surface area (Å²) in [5.41, 5.74) is 0. The van der Waals surface area contributed by atoms with Crippen LogP contribution in [0.5, 0.6) is 0 Å². The highest BCUT2D eigenvalue weighted by Crippen LogP contribution is 2.34. The van der Waals surface area contributed by atoms with Gasteiger partial charge in [0, 0.05) is 19.4 Å². The van der Waals surface area contributed by atoms with Crippen molar-refractivity contribution in [1.82, 2.24) is 4.90 Å². The van der Waals surface area contributed by atoms with E-state index in [4.69, 9.17) is 4.74 Å². The summed E-state index contributed by atoms with van der Waals surface area (Å²) in [5.74, 6) is 0. The molecule has 0 saturated carbocycles. The fourth-order valence-electron chi connectivity index (χ4n) is 2.47. The Morgan fingerprint density at radius 2 is 1.30 bits per heavy atom. The van der Waals surface area contributed by atoms with Crippen LogP contribution in [0, 0.1) is 0 Å². The molecule has 0 aliphatic carbocycles. The maximum absolute atomic E-state index is 5.46. The van der Waals surface area contributed by atoms with Gasteiger partial charge in [0.15, 0.2) is 0 Å². The number of morpholine rings is 1. The molecule has 20 heavy (non-hydrogen) atoms. The van der Waals surface area contributed by atoms with Crippen molar-refractivity contribution in [3.8, 4) is 0 Å². The molecule has 3 rings (SSSR count). The molecule has 0 bridgehead atoms. The van der Waals surface area contributed by atoms with Gasteiger partial charge in [0.05, 0.1) is 13.2 Å². The van der Waals surface area contributed by atoms with E-state index in [0.717, 1.165) is 32.6 Å². The van der Waals surface area contributed by atoms with E-state index in [9.17, 15) is 0 Å². The minimum Gasteiger partial charge on any atom is -0.379 e. The number of rotatable bonds is 4. The quantitative estimate of drug-likeness (QED) is 0.800. The number of nitrogens with zero attached hydrogens (tertiary/aromatic N) is 1. The van der Waals surface area contributed by atoms with E-state index in [1.54, 1.807) is 0 Å². The first-order valence-electron chi connectivity index (χ1n) is 7.11. The summed E-state index contributed by atoms with van der Waals surface area (Å²) in [5, 5.41) is 2.92. The van der Waals surface area contributed by atoms with Gasteiger partial charge in [0.25, 0.3) is 0 Å². The third kappa shape index (κ3) is 3.46. The molecule has 1 aliphatic rings. The largest absolute Gasteiger partial charge is 0.379 e. The van der Waals surface area contributed by atoms with Gasteiger partial charge in [-0.1, -0.05) is 60.7 Å². The number of ether oxygens (including phenoxy) is 1. The highest BCUT2D eigenvalue weighted by Gasteiger charge is 2.19. The molecule has 0 unspecified atom stereocenters. The number of benzene rings is 2. The molecule has 1 saturated heterocycles. The highest BCUT2D eigenvalue weighted by molar-refractivity contribution is 7.72. The molecular formula is C17H20NOP. The lowest BCUT2D eigenvalue weighted by Gasteiger charge is -2.31. The van der Waals surface area contributed by atoms with Crippen LogP contribution in [0.4, 0.5) is 0 Å². The van der Waals surface area contributed by atoms with Crippen LogP contribution in [0.1, 0.15) is 0 Å². The van der Waals surface area contributed by atoms with E-state index >= 15 is 0 Å². The van der Waals surface area contributed by atoms with E-state index in [-0.39, 0.29) is 7.92 Å². The minimum atomic E-state index is -0.303. The average molecular weight is 285 g/mol. The Morgan fingerprint density at radius 1 is 0.800 bits per heavy atom. The molecule has 0 atom stereocenters. The van der Waals surface area contributed by atoms with Crippen LogP contribution in [-0.2, 0) is 4.74 Å². The second kappa shape index (κ2) is 6.99. The fraction of sp³-hybridized carbons (Fsp3) is 0.294. The van der Waals surface area contributed by atoms with Crippen molar-refractivity contribution in [2.75, 3.05) is 32.6 Å². The zero-order valence-electron chi connectivity index (χ0n) is 11.6. The molecule has 0 aromatic heterocycles. The van der Waals surface area contributed by atoms with Crippen molar-refractivity contribution in [3.05, 3.63) is 60.7 Å². The summed E-state index contributed by atoms with van der Waals surface area (Å²) in [4.78, 5) is 2.54. The minimum absolute atomic E-state index is 0.303. The molecule has 104 valence electrons. The summed E-state index contributed by atoms with van der Waals surface area (Å²) in [7, 11) is -0.303. The molecular weight excluding hydrogens is 265 g/mol. The molecule has 2 nitrogen and oxygen atoms in total. The first-order chi connectivity index (χ1) is 9.93. The Hall–Kier alpha value is -1.21. The highest BCUT2D eigenvalue weighted by atomic mass is 31.1. The second-order valence-electron chi connectivity index (χ2n) is 4.97. The predicted octanol–water partition coefficient (Wildman–Crippen LogP) is 2.41. The van der Waals surface area contributed by atoms with Gasteiger partial charge in [-0.05, 0) is 18.5 Å². The summed E-state index contributed by atoms with van der Waals surface area (Å²) in [6, 6.07) is 21.8. The zero-order chi connectivity index (χ0) is 13.6. The van der Waals surface area contributed by atoms with Gasteiger partial charge >= 0.3 is 0 Å². The Labute approximate surface area is 122 Å². The topological polar surface area (TPSA) is 12.5 Å².